The zero-order valence-electron chi connectivity index (χ0n) is 18.9. The van der Waals surface area contributed by atoms with Crippen molar-refractivity contribution in [1.29, 1.82) is 0 Å². The lowest BCUT2D eigenvalue weighted by molar-refractivity contribution is -0.384. The van der Waals surface area contributed by atoms with Gasteiger partial charge in [0.2, 0.25) is 0 Å². The normalized spacial score (nSPS) is 18.9. The standard InChI is InChI=1S/C25H21ClN4O6/c26-20-10-17(30(34)35)6-7-19(20)24(32)27-21(11-18-3-2-8-36-18)25(33)28-12-15-9-16(14-28)22-4-1-5-23(31)29(22)13-15/h1-8,10-11,15-16H,9,12-14H2,(H,27,32)/b21-11-/t15-,16+/m1/s1. The molecule has 2 amide bonds. The average molecular weight is 509 g/mol. The first-order chi connectivity index (χ1) is 17.3. The molecule has 2 bridgehead atoms. The average Bonchev–Trinajstić information content (AvgIpc) is 3.36. The molecule has 11 heteroatoms. The number of nitro benzene ring substituents is 1. The van der Waals surface area contributed by atoms with E-state index >= 15 is 0 Å². The van der Waals surface area contributed by atoms with E-state index in [2.05, 4.69) is 5.32 Å². The van der Waals surface area contributed by atoms with Crippen molar-refractivity contribution in [3.8, 4) is 0 Å². The number of carbonyl (C=O) groups excluding carboxylic acids is 2. The molecule has 2 atom stereocenters. The molecule has 36 heavy (non-hydrogen) atoms. The molecule has 1 fully saturated rings. The number of rotatable bonds is 5. The Hall–Kier alpha value is -4.18. The lowest BCUT2D eigenvalue weighted by atomic mass is 9.83. The fourth-order valence-corrected chi connectivity index (χ4v) is 5.15. The van der Waals surface area contributed by atoms with E-state index in [-0.39, 0.29) is 39.4 Å². The Balaban J connectivity index is 1.42. The van der Waals surface area contributed by atoms with E-state index in [0.717, 1.165) is 18.2 Å². The van der Waals surface area contributed by atoms with E-state index in [1.807, 2.05) is 6.07 Å². The number of non-ortho nitro benzene ring substituents is 1. The highest BCUT2D eigenvalue weighted by molar-refractivity contribution is 6.34. The largest absolute Gasteiger partial charge is 0.465 e. The van der Waals surface area contributed by atoms with Crippen LogP contribution in [-0.2, 0) is 11.3 Å². The van der Waals surface area contributed by atoms with Crippen molar-refractivity contribution in [3.63, 3.8) is 0 Å². The van der Waals surface area contributed by atoms with Gasteiger partial charge in [0.15, 0.2) is 0 Å². The second-order valence-electron chi connectivity index (χ2n) is 8.86. The summed E-state index contributed by atoms with van der Waals surface area (Å²) < 4.78 is 7.13. The number of aromatic nitrogens is 1. The summed E-state index contributed by atoms with van der Waals surface area (Å²) in [5.74, 6) is -0.623. The van der Waals surface area contributed by atoms with Crippen LogP contribution in [0.2, 0.25) is 5.02 Å². The first-order valence-corrected chi connectivity index (χ1v) is 11.7. The Morgan fingerprint density at radius 1 is 1.14 bits per heavy atom. The summed E-state index contributed by atoms with van der Waals surface area (Å²) >= 11 is 6.12. The quantitative estimate of drug-likeness (QED) is 0.319. The summed E-state index contributed by atoms with van der Waals surface area (Å²) in [6.45, 7) is 1.35. The number of hydrogen-bond acceptors (Lipinski definition) is 6. The number of amides is 2. The van der Waals surface area contributed by atoms with Gasteiger partial charge in [0.05, 0.1) is 21.8 Å². The minimum Gasteiger partial charge on any atom is -0.465 e. The highest BCUT2D eigenvalue weighted by atomic mass is 35.5. The number of carbonyl (C=O) groups is 2. The molecule has 1 saturated heterocycles. The molecule has 2 aliphatic rings. The van der Waals surface area contributed by atoms with Crippen molar-refractivity contribution >= 4 is 35.2 Å². The van der Waals surface area contributed by atoms with Crippen LogP contribution in [0.4, 0.5) is 5.69 Å². The third-order valence-corrected chi connectivity index (χ3v) is 6.80. The Morgan fingerprint density at radius 3 is 2.69 bits per heavy atom. The van der Waals surface area contributed by atoms with Gasteiger partial charge in [-0.1, -0.05) is 17.7 Å². The predicted octanol–water partition coefficient (Wildman–Crippen LogP) is 3.42. The van der Waals surface area contributed by atoms with E-state index < -0.39 is 16.7 Å². The molecular formula is C25H21ClN4O6. The maximum absolute atomic E-state index is 13.6. The van der Waals surface area contributed by atoms with Gasteiger partial charge in [0.1, 0.15) is 11.5 Å². The molecule has 0 radical (unpaired) electrons. The van der Waals surface area contributed by atoms with Crippen LogP contribution in [0.25, 0.3) is 6.08 Å². The maximum atomic E-state index is 13.6. The molecule has 0 spiro atoms. The van der Waals surface area contributed by atoms with Gasteiger partial charge in [-0.3, -0.25) is 24.5 Å². The van der Waals surface area contributed by atoms with Crippen molar-refractivity contribution in [2.24, 2.45) is 5.92 Å². The zero-order chi connectivity index (χ0) is 25.4. The molecule has 10 nitrogen and oxygen atoms in total. The summed E-state index contributed by atoms with van der Waals surface area (Å²) in [6, 6.07) is 12.0. The molecule has 2 aromatic heterocycles. The smallest absolute Gasteiger partial charge is 0.270 e. The third-order valence-electron chi connectivity index (χ3n) is 6.48. The number of nitrogens with one attached hydrogen (secondary N) is 1. The van der Waals surface area contributed by atoms with Crippen LogP contribution in [-0.4, -0.2) is 39.3 Å². The number of nitrogens with zero attached hydrogens (tertiary/aromatic N) is 3. The van der Waals surface area contributed by atoms with Gasteiger partial charge in [-0.05, 0) is 36.6 Å². The fourth-order valence-electron chi connectivity index (χ4n) is 4.89. The molecule has 4 heterocycles. The predicted molar refractivity (Wildman–Crippen MR) is 130 cm³/mol. The zero-order valence-corrected chi connectivity index (χ0v) is 19.7. The summed E-state index contributed by atoms with van der Waals surface area (Å²) in [4.78, 5) is 51.0. The van der Waals surface area contributed by atoms with Crippen LogP contribution in [0.1, 0.15) is 34.2 Å². The summed E-state index contributed by atoms with van der Waals surface area (Å²) in [6.07, 6.45) is 3.75. The molecule has 2 aliphatic heterocycles. The van der Waals surface area contributed by atoms with Crippen LogP contribution >= 0.6 is 11.6 Å². The van der Waals surface area contributed by atoms with Crippen molar-refractivity contribution in [3.05, 3.63) is 103 Å². The van der Waals surface area contributed by atoms with Gasteiger partial charge in [-0.15, -0.1) is 0 Å². The minimum atomic E-state index is -0.685. The number of fused-ring (bicyclic) bond motifs is 4. The van der Waals surface area contributed by atoms with E-state index in [0.29, 0.717) is 25.4 Å². The Morgan fingerprint density at radius 2 is 1.97 bits per heavy atom. The second-order valence-corrected chi connectivity index (χ2v) is 9.26. The molecule has 0 aliphatic carbocycles. The lowest BCUT2D eigenvalue weighted by Crippen LogP contribution is -2.50. The Kier molecular flexibility index (Phi) is 6.19. The van der Waals surface area contributed by atoms with Crippen LogP contribution in [0.15, 0.2) is 69.7 Å². The van der Waals surface area contributed by atoms with Crippen LogP contribution < -0.4 is 10.9 Å². The SMILES string of the molecule is O=C(N/C(=C\c1ccco1)C(=O)N1C[C@H]2C[C@@H](C1)c1cccc(=O)n1C2)c1ccc([N+](=O)[O-])cc1Cl. The van der Waals surface area contributed by atoms with Crippen LogP contribution in [0.3, 0.4) is 0 Å². The third kappa shape index (κ3) is 4.55. The first-order valence-electron chi connectivity index (χ1n) is 11.3. The van der Waals surface area contributed by atoms with Crippen molar-refractivity contribution in [1.82, 2.24) is 14.8 Å². The molecule has 5 rings (SSSR count). The molecule has 0 saturated carbocycles. The van der Waals surface area contributed by atoms with Crippen molar-refractivity contribution < 1.29 is 18.9 Å². The van der Waals surface area contributed by atoms with E-state index in [4.69, 9.17) is 16.0 Å². The molecule has 0 unspecified atom stereocenters. The van der Waals surface area contributed by atoms with Gasteiger partial charge in [0, 0.05) is 55.5 Å². The topological polar surface area (TPSA) is 128 Å². The Labute approximate surface area is 209 Å². The number of nitro groups is 1. The number of pyridine rings is 1. The number of halogens is 1. The van der Waals surface area contributed by atoms with E-state index in [1.165, 1.54) is 30.5 Å². The first kappa shape index (κ1) is 23.6. The second kappa shape index (κ2) is 9.46. The van der Waals surface area contributed by atoms with Gasteiger partial charge in [-0.25, -0.2) is 0 Å². The van der Waals surface area contributed by atoms with Crippen molar-refractivity contribution in [2.45, 2.75) is 18.9 Å². The number of benzene rings is 1. The minimum absolute atomic E-state index is 0.0000290. The van der Waals surface area contributed by atoms with Crippen molar-refractivity contribution in [2.75, 3.05) is 13.1 Å². The molecule has 1 N–H and O–H groups in total. The monoisotopic (exact) mass is 508 g/mol. The maximum Gasteiger partial charge on any atom is 0.270 e. The van der Waals surface area contributed by atoms with E-state index in [9.17, 15) is 24.5 Å². The van der Waals surface area contributed by atoms with Crippen LogP contribution in [0.5, 0.6) is 0 Å². The summed E-state index contributed by atoms with van der Waals surface area (Å²) in [5, 5.41) is 13.5. The van der Waals surface area contributed by atoms with Gasteiger partial charge in [-0.2, -0.15) is 0 Å². The number of hydrogen-bond donors (Lipinski definition) is 1. The molecule has 1 aromatic carbocycles. The number of likely N-dealkylation sites (tertiary alicyclic amines) is 1. The van der Waals surface area contributed by atoms with Gasteiger partial charge >= 0.3 is 0 Å². The van der Waals surface area contributed by atoms with E-state index in [1.54, 1.807) is 27.7 Å². The molecule has 3 aromatic rings. The summed E-state index contributed by atoms with van der Waals surface area (Å²) in [5.41, 5.74) is 0.569. The lowest BCUT2D eigenvalue weighted by Gasteiger charge is -2.42. The number of furan rings is 1. The molecular weight excluding hydrogens is 488 g/mol. The molecule has 184 valence electrons. The summed E-state index contributed by atoms with van der Waals surface area (Å²) in [7, 11) is 0. The highest BCUT2D eigenvalue weighted by Gasteiger charge is 2.37. The number of piperidine rings is 1. The highest BCUT2D eigenvalue weighted by Crippen LogP contribution is 2.35. The fraction of sp³-hybridized carbons (Fsp3) is 0.240. The van der Waals surface area contributed by atoms with Crippen LogP contribution in [0, 0.1) is 16.0 Å². The van der Waals surface area contributed by atoms with Gasteiger partial charge in [0.25, 0.3) is 23.1 Å². The Bertz CT molecular complexity index is 1440. The van der Waals surface area contributed by atoms with Gasteiger partial charge < -0.3 is 19.2 Å².